The molecular weight excluding hydrogens is 246 g/mol. The van der Waals surface area contributed by atoms with Crippen LogP contribution < -0.4 is 4.90 Å². The molecule has 1 aliphatic heterocycles. The summed E-state index contributed by atoms with van der Waals surface area (Å²) in [5.41, 5.74) is 5.19. The fraction of sp³-hybridized carbons (Fsp3) is 0.333. The van der Waals surface area contributed by atoms with Crippen molar-refractivity contribution in [3.63, 3.8) is 0 Å². The number of hydrogen-bond acceptors (Lipinski definition) is 2. The molecule has 0 fully saturated rings. The van der Waals surface area contributed by atoms with Crippen molar-refractivity contribution in [3.05, 3.63) is 65.2 Å². The molecule has 0 saturated carbocycles. The summed E-state index contributed by atoms with van der Waals surface area (Å²) in [5, 5.41) is 9.57. The van der Waals surface area contributed by atoms with Crippen LogP contribution in [0.25, 0.3) is 0 Å². The number of anilines is 1. The molecule has 0 bridgehead atoms. The third-order valence-corrected chi connectivity index (χ3v) is 4.16. The highest BCUT2D eigenvalue weighted by atomic mass is 16.3. The molecule has 2 nitrogen and oxygen atoms in total. The lowest BCUT2D eigenvalue weighted by atomic mass is 10.0. The standard InChI is InChI=1S/C18H21NO/c1-14(20)15-6-8-18(9-7-15)19-12-10-16-4-2-3-5-17(16)11-13-19/h2-9,14,20H,10-13H2,1H3. The Balaban J connectivity index is 1.76. The van der Waals surface area contributed by atoms with Crippen LogP contribution >= 0.6 is 0 Å². The summed E-state index contributed by atoms with van der Waals surface area (Å²) >= 11 is 0. The van der Waals surface area contributed by atoms with E-state index in [-0.39, 0.29) is 0 Å². The molecule has 2 aromatic carbocycles. The van der Waals surface area contributed by atoms with Gasteiger partial charge in [0.2, 0.25) is 0 Å². The first-order valence-corrected chi connectivity index (χ1v) is 7.34. The van der Waals surface area contributed by atoms with Gasteiger partial charge < -0.3 is 10.0 Å². The number of fused-ring (bicyclic) bond motifs is 1. The number of aliphatic hydroxyl groups is 1. The fourth-order valence-electron chi connectivity index (χ4n) is 2.89. The summed E-state index contributed by atoms with van der Waals surface area (Å²) in [7, 11) is 0. The van der Waals surface area contributed by atoms with Crippen molar-refractivity contribution in [1.29, 1.82) is 0 Å². The summed E-state index contributed by atoms with van der Waals surface area (Å²) in [6.45, 7) is 3.92. The first-order valence-electron chi connectivity index (χ1n) is 7.34. The summed E-state index contributed by atoms with van der Waals surface area (Å²) in [6, 6.07) is 17.1. The van der Waals surface area contributed by atoms with Crippen LogP contribution in [0.1, 0.15) is 29.7 Å². The molecule has 2 heteroatoms. The van der Waals surface area contributed by atoms with Gasteiger partial charge in [-0.25, -0.2) is 0 Å². The lowest BCUT2D eigenvalue weighted by Gasteiger charge is -2.23. The first-order chi connectivity index (χ1) is 9.74. The lowest BCUT2D eigenvalue weighted by Crippen LogP contribution is -2.25. The molecule has 20 heavy (non-hydrogen) atoms. The van der Waals surface area contributed by atoms with Gasteiger partial charge in [0.1, 0.15) is 0 Å². The molecular formula is C18H21NO. The van der Waals surface area contributed by atoms with Crippen molar-refractivity contribution in [2.45, 2.75) is 25.9 Å². The second-order valence-corrected chi connectivity index (χ2v) is 5.52. The average molecular weight is 267 g/mol. The van der Waals surface area contributed by atoms with Gasteiger partial charge in [-0.1, -0.05) is 36.4 Å². The van der Waals surface area contributed by atoms with Gasteiger partial charge in [-0.15, -0.1) is 0 Å². The monoisotopic (exact) mass is 267 g/mol. The predicted molar refractivity (Wildman–Crippen MR) is 83.1 cm³/mol. The summed E-state index contributed by atoms with van der Waals surface area (Å²) in [6.07, 6.45) is 1.82. The molecule has 1 heterocycles. The van der Waals surface area contributed by atoms with Crippen LogP contribution in [-0.2, 0) is 12.8 Å². The molecule has 0 saturated heterocycles. The second kappa shape index (κ2) is 5.68. The van der Waals surface area contributed by atoms with Crippen molar-refractivity contribution < 1.29 is 5.11 Å². The molecule has 3 rings (SSSR count). The van der Waals surface area contributed by atoms with Crippen LogP contribution in [-0.4, -0.2) is 18.2 Å². The zero-order valence-corrected chi connectivity index (χ0v) is 11.9. The Morgan fingerprint density at radius 2 is 1.45 bits per heavy atom. The Bertz CT molecular complexity index is 547. The van der Waals surface area contributed by atoms with Gasteiger partial charge in [0.05, 0.1) is 6.10 Å². The molecule has 0 amide bonds. The van der Waals surface area contributed by atoms with Crippen LogP contribution in [0.2, 0.25) is 0 Å². The lowest BCUT2D eigenvalue weighted by molar-refractivity contribution is 0.199. The Morgan fingerprint density at radius 1 is 0.900 bits per heavy atom. The van der Waals surface area contributed by atoms with E-state index in [0.29, 0.717) is 0 Å². The van der Waals surface area contributed by atoms with E-state index in [1.165, 1.54) is 16.8 Å². The molecule has 104 valence electrons. The summed E-state index contributed by atoms with van der Waals surface area (Å²) < 4.78 is 0. The van der Waals surface area contributed by atoms with E-state index < -0.39 is 6.10 Å². The van der Waals surface area contributed by atoms with Crippen LogP contribution in [0.4, 0.5) is 5.69 Å². The van der Waals surface area contributed by atoms with Crippen LogP contribution in [0, 0.1) is 0 Å². The van der Waals surface area contributed by atoms with Gasteiger partial charge in [-0.2, -0.15) is 0 Å². The first kappa shape index (κ1) is 13.2. The Labute approximate surface area is 120 Å². The summed E-state index contributed by atoms with van der Waals surface area (Å²) in [5.74, 6) is 0. The maximum Gasteiger partial charge on any atom is 0.0761 e. The molecule has 0 aliphatic carbocycles. The van der Waals surface area contributed by atoms with Crippen molar-refractivity contribution in [1.82, 2.24) is 0 Å². The zero-order valence-electron chi connectivity index (χ0n) is 11.9. The normalized spacial score (nSPS) is 16.4. The number of benzene rings is 2. The second-order valence-electron chi connectivity index (χ2n) is 5.52. The number of aliphatic hydroxyl groups excluding tert-OH is 1. The maximum atomic E-state index is 9.57. The molecule has 1 unspecified atom stereocenters. The maximum absolute atomic E-state index is 9.57. The van der Waals surface area contributed by atoms with E-state index in [1.807, 2.05) is 12.1 Å². The van der Waals surface area contributed by atoms with Gasteiger partial charge in [0.15, 0.2) is 0 Å². The number of rotatable bonds is 2. The van der Waals surface area contributed by atoms with E-state index in [2.05, 4.69) is 41.3 Å². The molecule has 0 radical (unpaired) electrons. The highest BCUT2D eigenvalue weighted by molar-refractivity contribution is 5.49. The van der Waals surface area contributed by atoms with Crippen molar-refractivity contribution in [2.75, 3.05) is 18.0 Å². The molecule has 1 N–H and O–H groups in total. The van der Waals surface area contributed by atoms with Crippen molar-refractivity contribution in [3.8, 4) is 0 Å². The molecule has 1 atom stereocenters. The minimum atomic E-state index is -0.391. The average Bonchev–Trinajstić information content (AvgIpc) is 2.70. The number of nitrogens with zero attached hydrogens (tertiary/aromatic N) is 1. The fourth-order valence-corrected chi connectivity index (χ4v) is 2.89. The van der Waals surface area contributed by atoms with E-state index in [4.69, 9.17) is 0 Å². The van der Waals surface area contributed by atoms with E-state index in [1.54, 1.807) is 6.92 Å². The smallest absolute Gasteiger partial charge is 0.0761 e. The van der Waals surface area contributed by atoms with Crippen LogP contribution in [0.5, 0.6) is 0 Å². The van der Waals surface area contributed by atoms with E-state index >= 15 is 0 Å². The van der Waals surface area contributed by atoms with E-state index in [0.717, 1.165) is 31.5 Å². The van der Waals surface area contributed by atoms with E-state index in [9.17, 15) is 5.11 Å². The van der Waals surface area contributed by atoms with Crippen molar-refractivity contribution >= 4 is 5.69 Å². The predicted octanol–water partition coefficient (Wildman–Crippen LogP) is 3.35. The Morgan fingerprint density at radius 3 is 1.95 bits per heavy atom. The quantitative estimate of drug-likeness (QED) is 0.902. The van der Waals surface area contributed by atoms with Gasteiger partial charge in [0.25, 0.3) is 0 Å². The Kier molecular flexibility index (Phi) is 3.75. The topological polar surface area (TPSA) is 23.5 Å². The van der Waals surface area contributed by atoms with Gasteiger partial charge in [-0.05, 0) is 48.6 Å². The highest BCUT2D eigenvalue weighted by Gasteiger charge is 2.14. The molecule has 0 aromatic heterocycles. The molecule has 1 aliphatic rings. The van der Waals surface area contributed by atoms with Gasteiger partial charge >= 0.3 is 0 Å². The van der Waals surface area contributed by atoms with Crippen LogP contribution in [0.15, 0.2) is 48.5 Å². The highest BCUT2D eigenvalue weighted by Crippen LogP contribution is 2.23. The number of hydrogen-bond donors (Lipinski definition) is 1. The zero-order chi connectivity index (χ0) is 13.9. The largest absolute Gasteiger partial charge is 0.389 e. The SMILES string of the molecule is CC(O)c1ccc(N2CCc3ccccc3CC2)cc1. The third kappa shape index (κ3) is 2.70. The van der Waals surface area contributed by atoms with Gasteiger partial charge in [-0.3, -0.25) is 0 Å². The van der Waals surface area contributed by atoms with Crippen molar-refractivity contribution in [2.24, 2.45) is 0 Å². The Hall–Kier alpha value is -1.80. The summed E-state index contributed by atoms with van der Waals surface area (Å²) in [4.78, 5) is 2.44. The minimum Gasteiger partial charge on any atom is -0.389 e. The molecule has 2 aromatic rings. The third-order valence-electron chi connectivity index (χ3n) is 4.16. The van der Waals surface area contributed by atoms with Gasteiger partial charge in [0, 0.05) is 18.8 Å². The molecule has 0 spiro atoms. The van der Waals surface area contributed by atoms with Crippen LogP contribution in [0.3, 0.4) is 0 Å². The minimum absolute atomic E-state index is 0.391.